The molecule has 0 aromatic carbocycles. The van der Waals surface area contributed by atoms with Crippen molar-refractivity contribution in [3.05, 3.63) is 16.6 Å². The average Bonchev–Trinajstić information content (AvgIpc) is 3.00. The standard InChI is InChI=1S/C16H24N2O3S/c1-11(2)18(9-7-14-17-8-10-22-14)15(19)12-3-5-13(6-4-12)16(20)21/h8,10-13H,3-7,9H2,1-2H3,(H,20,21). The SMILES string of the molecule is CC(C)N(CCc1nccs1)C(=O)C1CCC(C(=O)O)CC1. The van der Waals surface area contributed by atoms with Crippen molar-refractivity contribution in [3.63, 3.8) is 0 Å². The molecule has 1 aromatic rings. The minimum absolute atomic E-state index is 0.0192. The average molecular weight is 324 g/mol. The molecule has 0 radical (unpaired) electrons. The van der Waals surface area contributed by atoms with Crippen LogP contribution in [0.2, 0.25) is 0 Å². The second-order valence-electron chi connectivity index (χ2n) is 6.19. The number of carbonyl (C=O) groups excluding carboxylic acids is 1. The van der Waals surface area contributed by atoms with Crippen LogP contribution in [0.25, 0.3) is 0 Å². The van der Waals surface area contributed by atoms with E-state index in [1.807, 2.05) is 24.1 Å². The largest absolute Gasteiger partial charge is 0.481 e. The number of aromatic nitrogens is 1. The first-order chi connectivity index (χ1) is 10.5. The van der Waals surface area contributed by atoms with E-state index in [0.29, 0.717) is 32.2 Å². The predicted octanol–water partition coefficient (Wildman–Crippen LogP) is 2.81. The monoisotopic (exact) mass is 324 g/mol. The maximum absolute atomic E-state index is 12.7. The molecule has 0 saturated heterocycles. The van der Waals surface area contributed by atoms with Crippen molar-refractivity contribution in [1.82, 2.24) is 9.88 Å². The molecule has 0 unspecified atom stereocenters. The highest BCUT2D eigenvalue weighted by Gasteiger charge is 2.32. The molecule has 1 fully saturated rings. The molecular weight excluding hydrogens is 300 g/mol. The smallest absolute Gasteiger partial charge is 0.306 e. The Labute approximate surface area is 135 Å². The Morgan fingerprint density at radius 3 is 2.45 bits per heavy atom. The van der Waals surface area contributed by atoms with E-state index in [1.165, 1.54) is 0 Å². The Balaban J connectivity index is 1.91. The van der Waals surface area contributed by atoms with Gasteiger partial charge in [0.15, 0.2) is 0 Å². The molecular formula is C16H24N2O3S. The molecule has 6 heteroatoms. The van der Waals surface area contributed by atoms with Crippen LogP contribution in [0.1, 0.15) is 44.5 Å². The summed E-state index contributed by atoms with van der Waals surface area (Å²) in [5, 5.41) is 12.0. The van der Waals surface area contributed by atoms with Crippen LogP contribution in [0.5, 0.6) is 0 Å². The number of hydrogen-bond acceptors (Lipinski definition) is 4. The highest BCUT2D eigenvalue weighted by molar-refractivity contribution is 7.09. The van der Waals surface area contributed by atoms with Gasteiger partial charge in [-0.25, -0.2) is 4.98 Å². The minimum Gasteiger partial charge on any atom is -0.481 e. The fourth-order valence-corrected chi connectivity index (χ4v) is 3.65. The summed E-state index contributed by atoms with van der Waals surface area (Å²) in [4.78, 5) is 29.9. The highest BCUT2D eigenvalue weighted by Crippen LogP contribution is 2.30. The summed E-state index contributed by atoms with van der Waals surface area (Å²) < 4.78 is 0. The van der Waals surface area contributed by atoms with Gasteiger partial charge in [0, 0.05) is 36.5 Å². The Morgan fingerprint density at radius 1 is 1.32 bits per heavy atom. The number of amides is 1. The fraction of sp³-hybridized carbons (Fsp3) is 0.688. The first-order valence-corrected chi connectivity index (χ1v) is 8.78. The Bertz CT molecular complexity index is 493. The van der Waals surface area contributed by atoms with E-state index in [-0.39, 0.29) is 23.8 Å². The molecule has 0 spiro atoms. The molecule has 2 rings (SSSR count). The molecule has 0 bridgehead atoms. The van der Waals surface area contributed by atoms with Crippen LogP contribution in [-0.4, -0.2) is 39.5 Å². The van der Waals surface area contributed by atoms with Gasteiger partial charge in [-0.05, 0) is 39.5 Å². The fourth-order valence-electron chi connectivity index (χ4n) is 3.04. The lowest BCUT2D eigenvalue weighted by atomic mass is 9.81. The van der Waals surface area contributed by atoms with Crippen LogP contribution >= 0.6 is 11.3 Å². The number of carboxylic acids is 1. The lowest BCUT2D eigenvalue weighted by Crippen LogP contribution is -2.43. The molecule has 1 heterocycles. The number of rotatable bonds is 6. The summed E-state index contributed by atoms with van der Waals surface area (Å²) in [6.07, 6.45) is 5.18. The summed E-state index contributed by atoms with van der Waals surface area (Å²) >= 11 is 1.61. The molecule has 1 amide bonds. The highest BCUT2D eigenvalue weighted by atomic mass is 32.1. The molecule has 0 atom stereocenters. The zero-order valence-electron chi connectivity index (χ0n) is 13.2. The summed E-state index contributed by atoms with van der Waals surface area (Å²) in [6.45, 7) is 4.74. The lowest BCUT2D eigenvalue weighted by molar-refractivity contribution is -0.146. The van der Waals surface area contributed by atoms with Gasteiger partial charge >= 0.3 is 5.97 Å². The van der Waals surface area contributed by atoms with Gasteiger partial charge in [0.2, 0.25) is 5.91 Å². The van der Waals surface area contributed by atoms with Crippen LogP contribution in [0.4, 0.5) is 0 Å². The number of thiazole rings is 1. The molecule has 5 nitrogen and oxygen atoms in total. The van der Waals surface area contributed by atoms with Crippen LogP contribution in [0.15, 0.2) is 11.6 Å². The summed E-state index contributed by atoms with van der Waals surface area (Å²) in [5.41, 5.74) is 0. The van der Waals surface area contributed by atoms with Crippen molar-refractivity contribution in [2.24, 2.45) is 11.8 Å². The molecule has 1 aliphatic rings. The third kappa shape index (κ3) is 4.29. The van der Waals surface area contributed by atoms with Gasteiger partial charge in [-0.2, -0.15) is 0 Å². The van der Waals surface area contributed by atoms with E-state index < -0.39 is 5.97 Å². The molecule has 1 saturated carbocycles. The third-order valence-corrected chi connectivity index (χ3v) is 5.22. The van der Waals surface area contributed by atoms with Gasteiger partial charge in [-0.1, -0.05) is 0 Å². The molecule has 122 valence electrons. The minimum atomic E-state index is -0.726. The molecule has 22 heavy (non-hydrogen) atoms. The molecule has 1 aliphatic carbocycles. The van der Waals surface area contributed by atoms with Crippen LogP contribution in [0, 0.1) is 11.8 Å². The first-order valence-electron chi connectivity index (χ1n) is 7.90. The predicted molar refractivity (Wildman–Crippen MR) is 85.8 cm³/mol. The first kappa shape index (κ1) is 16.9. The van der Waals surface area contributed by atoms with Crippen molar-refractivity contribution >= 4 is 23.2 Å². The zero-order chi connectivity index (χ0) is 16.1. The van der Waals surface area contributed by atoms with E-state index in [0.717, 1.165) is 11.4 Å². The van der Waals surface area contributed by atoms with Crippen LogP contribution in [0.3, 0.4) is 0 Å². The Hall–Kier alpha value is -1.43. The maximum Gasteiger partial charge on any atom is 0.306 e. The second kappa shape index (κ2) is 7.72. The number of aliphatic carboxylic acids is 1. The van der Waals surface area contributed by atoms with E-state index in [2.05, 4.69) is 4.98 Å². The van der Waals surface area contributed by atoms with E-state index in [9.17, 15) is 9.59 Å². The second-order valence-corrected chi connectivity index (χ2v) is 7.17. The summed E-state index contributed by atoms with van der Waals surface area (Å²) in [7, 11) is 0. The number of nitrogens with zero attached hydrogens (tertiary/aromatic N) is 2. The van der Waals surface area contributed by atoms with E-state index >= 15 is 0 Å². The van der Waals surface area contributed by atoms with Crippen molar-refractivity contribution < 1.29 is 14.7 Å². The molecule has 0 aliphatic heterocycles. The number of carbonyl (C=O) groups is 2. The number of carboxylic acid groups (broad SMARTS) is 1. The van der Waals surface area contributed by atoms with Crippen LogP contribution < -0.4 is 0 Å². The number of hydrogen-bond donors (Lipinski definition) is 1. The van der Waals surface area contributed by atoms with Crippen molar-refractivity contribution in [3.8, 4) is 0 Å². The van der Waals surface area contributed by atoms with Crippen LogP contribution in [-0.2, 0) is 16.0 Å². The quantitative estimate of drug-likeness (QED) is 0.873. The lowest BCUT2D eigenvalue weighted by Gasteiger charge is -2.33. The zero-order valence-corrected chi connectivity index (χ0v) is 14.0. The van der Waals surface area contributed by atoms with E-state index in [1.54, 1.807) is 17.5 Å². The van der Waals surface area contributed by atoms with Gasteiger partial charge in [0.25, 0.3) is 0 Å². The topological polar surface area (TPSA) is 70.5 Å². The van der Waals surface area contributed by atoms with Crippen molar-refractivity contribution in [1.29, 1.82) is 0 Å². The maximum atomic E-state index is 12.7. The van der Waals surface area contributed by atoms with E-state index in [4.69, 9.17) is 5.11 Å². The van der Waals surface area contributed by atoms with Gasteiger partial charge in [-0.3, -0.25) is 9.59 Å². The van der Waals surface area contributed by atoms with Gasteiger partial charge < -0.3 is 10.0 Å². The molecule has 1 N–H and O–H groups in total. The Kier molecular flexibility index (Phi) is 5.94. The van der Waals surface area contributed by atoms with Gasteiger partial charge in [-0.15, -0.1) is 11.3 Å². The third-order valence-electron chi connectivity index (χ3n) is 4.38. The van der Waals surface area contributed by atoms with Gasteiger partial charge in [0.05, 0.1) is 10.9 Å². The Morgan fingerprint density at radius 2 is 1.95 bits per heavy atom. The normalized spacial score (nSPS) is 21.8. The summed E-state index contributed by atoms with van der Waals surface area (Å²) in [6, 6.07) is 0.157. The van der Waals surface area contributed by atoms with Crippen molar-refractivity contribution in [2.45, 2.75) is 52.0 Å². The molecule has 1 aromatic heterocycles. The van der Waals surface area contributed by atoms with Crippen molar-refractivity contribution in [2.75, 3.05) is 6.54 Å². The van der Waals surface area contributed by atoms with Gasteiger partial charge in [0.1, 0.15) is 0 Å². The summed E-state index contributed by atoms with van der Waals surface area (Å²) in [5.74, 6) is -0.841.